The second-order valence-corrected chi connectivity index (χ2v) is 6.08. The SMILES string of the molecule is C/C=C/c1ccc(OCC(O)Cn2cnc3c(cnn3C)c2=O)c(OC)c1. The van der Waals surface area contributed by atoms with Gasteiger partial charge in [-0.15, -0.1) is 0 Å². The molecule has 0 aliphatic carbocycles. The summed E-state index contributed by atoms with van der Waals surface area (Å²) in [5.74, 6) is 1.10. The number of rotatable bonds is 7. The summed E-state index contributed by atoms with van der Waals surface area (Å²) in [5.41, 5.74) is 1.25. The monoisotopic (exact) mass is 370 g/mol. The number of nitrogens with zero attached hydrogens (tertiary/aromatic N) is 4. The van der Waals surface area contributed by atoms with Crippen molar-refractivity contribution in [3.8, 4) is 11.5 Å². The van der Waals surface area contributed by atoms with E-state index in [1.165, 1.54) is 21.8 Å². The van der Waals surface area contributed by atoms with Gasteiger partial charge in [-0.25, -0.2) is 4.98 Å². The highest BCUT2D eigenvalue weighted by molar-refractivity contribution is 5.72. The minimum absolute atomic E-state index is 0.0108. The number of hydrogen-bond acceptors (Lipinski definition) is 6. The van der Waals surface area contributed by atoms with E-state index >= 15 is 0 Å². The van der Waals surface area contributed by atoms with Crippen molar-refractivity contribution in [1.29, 1.82) is 0 Å². The molecule has 142 valence electrons. The molecule has 1 unspecified atom stereocenters. The molecule has 0 amide bonds. The van der Waals surface area contributed by atoms with Gasteiger partial charge >= 0.3 is 0 Å². The van der Waals surface area contributed by atoms with Gasteiger partial charge in [0, 0.05) is 7.05 Å². The lowest BCUT2D eigenvalue weighted by molar-refractivity contribution is 0.0900. The fraction of sp³-hybridized carbons (Fsp3) is 0.316. The molecule has 2 aromatic heterocycles. The van der Waals surface area contributed by atoms with Crippen LogP contribution in [-0.2, 0) is 13.6 Å². The van der Waals surface area contributed by atoms with Gasteiger partial charge < -0.3 is 14.6 Å². The van der Waals surface area contributed by atoms with E-state index in [2.05, 4.69) is 10.1 Å². The fourth-order valence-corrected chi connectivity index (χ4v) is 2.76. The van der Waals surface area contributed by atoms with Gasteiger partial charge in [0.25, 0.3) is 5.56 Å². The number of aryl methyl sites for hydroxylation is 1. The fourth-order valence-electron chi connectivity index (χ4n) is 2.76. The van der Waals surface area contributed by atoms with Crippen molar-refractivity contribution < 1.29 is 14.6 Å². The van der Waals surface area contributed by atoms with Gasteiger partial charge in [0.2, 0.25) is 0 Å². The maximum Gasteiger partial charge on any atom is 0.264 e. The van der Waals surface area contributed by atoms with Crippen LogP contribution in [0.1, 0.15) is 12.5 Å². The van der Waals surface area contributed by atoms with Crippen LogP contribution in [0.15, 0.2) is 41.6 Å². The number of hydrogen-bond donors (Lipinski definition) is 1. The van der Waals surface area contributed by atoms with Crippen LogP contribution in [0.25, 0.3) is 17.1 Å². The molecule has 0 spiro atoms. The molecule has 1 atom stereocenters. The molecule has 0 fully saturated rings. The van der Waals surface area contributed by atoms with Crippen molar-refractivity contribution in [3.63, 3.8) is 0 Å². The summed E-state index contributed by atoms with van der Waals surface area (Å²) in [6.07, 6.45) is 5.88. The van der Waals surface area contributed by atoms with Crippen LogP contribution < -0.4 is 15.0 Å². The summed E-state index contributed by atoms with van der Waals surface area (Å²) < 4.78 is 13.9. The maximum atomic E-state index is 12.4. The minimum atomic E-state index is -0.890. The Hall–Kier alpha value is -3.13. The Morgan fingerprint density at radius 1 is 1.33 bits per heavy atom. The standard InChI is InChI=1S/C19H22N4O4/c1-4-5-13-6-7-16(17(8-13)26-3)27-11-14(24)10-23-12-20-18-15(19(23)25)9-21-22(18)2/h4-9,12,14,24H,10-11H2,1-3H3/b5-4+. The smallest absolute Gasteiger partial charge is 0.264 e. The highest BCUT2D eigenvalue weighted by Gasteiger charge is 2.13. The average Bonchev–Trinajstić information content (AvgIpc) is 3.04. The third-order valence-electron chi connectivity index (χ3n) is 4.10. The largest absolute Gasteiger partial charge is 0.493 e. The lowest BCUT2D eigenvalue weighted by atomic mass is 10.2. The molecule has 8 heteroatoms. The number of aromatic nitrogens is 4. The molecule has 0 radical (unpaired) electrons. The van der Waals surface area contributed by atoms with Crippen molar-refractivity contribution in [2.24, 2.45) is 7.05 Å². The van der Waals surface area contributed by atoms with Gasteiger partial charge in [-0.05, 0) is 24.6 Å². The van der Waals surface area contributed by atoms with Crippen molar-refractivity contribution in [2.45, 2.75) is 19.6 Å². The van der Waals surface area contributed by atoms with E-state index in [0.717, 1.165) is 5.56 Å². The van der Waals surface area contributed by atoms with Crippen molar-refractivity contribution in [2.75, 3.05) is 13.7 Å². The quantitative estimate of drug-likeness (QED) is 0.679. The third-order valence-corrected chi connectivity index (χ3v) is 4.10. The second kappa shape index (κ2) is 8.05. The molecule has 0 aliphatic heterocycles. The zero-order valence-corrected chi connectivity index (χ0v) is 15.5. The highest BCUT2D eigenvalue weighted by atomic mass is 16.5. The molecule has 1 aromatic carbocycles. The molecular formula is C19H22N4O4. The Balaban J connectivity index is 1.69. The van der Waals surface area contributed by atoms with Crippen molar-refractivity contribution in [3.05, 3.63) is 52.7 Å². The van der Waals surface area contributed by atoms with E-state index in [-0.39, 0.29) is 18.7 Å². The second-order valence-electron chi connectivity index (χ2n) is 6.08. The van der Waals surface area contributed by atoms with Crippen LogP contribution in [0.3, 0.4) is 0 Å². The predicted octanol–water partition coefficient (Wildman–Crippen LogP) is 1.61. The lowest BCUT2D eigenvalue weighted by Crippen LogP contribution is -2.30. The number of benzene rings is 1. The van der Waals surface area contributed by atoms with E-state index in [0.29, 0.717) is 22.5 Å². The molecule has 0 aliphatic rings. The van der Waals surface area contributed by atoms with Gasteiger partial charge in [0.1, 0.15) is 24.4 Å². The van der Waals surface area contributed by atoms with Gasteiger partial charge in [-0.3, -0.25) is 14.0 Å². The molecule has 0 bridgehead atoms. The zero-order valence-electron chi connectivity index (χ0n) is 15.5. The van der Waals surface area contributed by atoms with Gasteiger partial charge in [0.05, 0.1) is 19.9 Å². The summed E-state index contributed by atoms with van der Waals surface area (Å²) >= 11 is 0. The number of aliphatic hydroxyl groups is 1. The summed E-state index contributed by atoms with van der Waals surface area (Å²) in [6.45, 7) is 2.01. The van der Waals surface area contributed by atoms with Crippen LogP contribution in [0.2, 0.25) is 0 Å². The summed E-state index contributed by atoms with van der Waals surface area (Å²) in [6, 6.07) is 5.54. The first-order valence-corrected chi connectivity index (χ1v) is 8.52. The number of fused-ring (bicyclic) bond motifs is 1. The highest BCUT2D eigenvalue weighted by Crippen LogP contribution is 2.28. The van der Waals surface area contributed by atoms with E-state index in [4.69, 9.17) is 9.47 Å². The Morgan fingerprint density at radius 2 is 2.15 bits per heavy atom. The minimum Gasteiger partial charge on any atom is -0.493 e. The zero-order chi connectivity index (χ0) is 19.4. The first-order chi connectivity index (χ1) is 13.0. The van der Waals surface area contributed by atoms with Crippen molar-refractivity contribution >= 4 is 17.1 Å². The molecule has 3 aromatic rings. The summed E-state index contributed by atoms with van der Waals surface area (Å²) in [4.78, 5) is 16.7. The van der Waals surface area contributed by atoms with Gasteiger partial charge in [0.15, 0.2) is 17.1 Å². The number of methoxy groups -OCH3 is 1. The lowest BCUT2D eigenvalue weighted by Gasteiger charge is -2.15. The Labute approximate surface area is 156 Å². The number of aliphatic hydroxyl groups excluding tert-OH is 1. The average molecular weight is 370 g/mol. The van der Waals surface area contributed by atoms with Crippen LogP contribution in [-0.4, -0.2) is 44.3 Å². The van der Waals surface area contributed by atoms with Gasteiger partial charge in [-0.2, -0.15) is 5.10 Å². The first kappa shape index (κ1) is 18.7. The molecular weight excluding hydrogens is 348 g/mol. The van der Waals surface area contributed by atoms with E-state index in [9.17, 15) is 9.90 Å². The Kier molecular flexibility index (Phi) is 5.56. The molecule has 3 rings (SSSR count). The summed E-state index contributed by atoms with van der Waals surface area (Å²) in [7, 11) is 3.28. The Morgan fingerprint density at radius 3 is 2.89 bits per heavy atom. The topological polar surface area (TPSA) is 91.4 Å². The van der Waals surface area contributed by atoms with E-state index in [1.54, 1.807) is 20.2 Å². The van der Waals surface area contributed by atoms with Crippen LogP contribution >= 0.6 is 0 Å². The Bertz CT molecular complexity index is 1020. The molecule has 0 saturated heterocycles. The third kappa shape index (κ3) is 4.01. The molecule has 27 heavy (non-hydrogen) atoms. The molecule has 0 saturated carbocycles. The van der Waals surface area contributed by atoms with E-state index in [1.807, 2.05) is 31.2 Å². The van der Waals surface area contributed by atoms with Gasteiger partial charge in [-0.1, -0.05) is 18.2 Å². The molecule has 2 heterocycles. The number of allylic oxidation sites excluding steroid dienone is 1. The van der Waals surface area contributed by atoms with Crippen LogP contribution in [0, 0.1) is 0 Å². The van der Waals surface area contributed by atoms with E-state index < -0.39 is 6.10 Å². The predicted molar refractivity (Wildman–Crippen MR) is 102 cm³/mol. The maximum absolute atomic E-state index is 12.4. The molecule has 1 N–H and O–H groups in total. The normalized spacial score (nSPS) is 12.6. The van der Waals surface area contributed by atoms with Crippen LogP contribution in [0.5, 0.6) is 11.5 Å². The number of ether oxygens (including phenoxy) is 2. The van der Waals surface area contributed by atoms with Crippen LogP contribution in [0.4, 0.5) is 0 Å². The summed E-state index contributed by atoms with van der Waals surface area (Å²) in [5, 5.41) is 14.7. The van der Waals surface area contributed by atoms with Crippen molar-refractivity contribution in [1.82, 2.24) is 19.3 Å². The molecule has 8 nitrogen and oxygen atoms in total. The first-order valence-electron chi connectivity index (χ1n) is 8.52.